The van der Waals surface area contributed by atoms with Gasteiger partial charge < -0.3 is 4.74 Å². The predicted molar refractivity (Wildman–Crippen MR) is 86.6 cm³/mol. The van der Waals surface area contributed by atoms with Crippen molar-refractivity contribution in [1.29, 1.82) is 0 Å². The molecular weight excluding hydrogens is 244 g/mol. The summed E-state index contributed by atoms with van der Waals surface area (Å²) in [6.07, 6.45) is 8.29. The van der Waals surface area contributed by atoms with E-state index >= 15 is 0 Å². The summed E-state index contributed by atoms with van der Waals surface area (Å²) in [5, 5.41) is 0. The van der Waals surface area contributed by atoms with Crippen LogP contribution in [0.5, 0.6) is 0 Å². The zero-order valence-corrected chi connectivity index (χ0v) is 12.6. The van der Waals surface area contributed by atoms with E-state index in [-0.39, 0.29) is 6.10 Å². The second kappa shape index (κ2) is 7.25. The number of rotatable bonds is 6. The highest BCUT2D eigenvalue weighted by Crippen LogP contribution is 2.30. The van der Waals surface area contributed by atoms with Gasteiger partial charge >= 0.3 is 0 Å². The predicted octanol–water partition coefficient (Wildman–Crippen LogP) is 5.16. The summed E-state index contributed by atoms with van der Waals surface area (Å²) in [7, 11) is 0. The molecule has 1 atom stereocenters. The average molecular weight is 268 g/mol. The molecule has 1 aliphatic heterocycles. The van der Waals surface area contributed by atoms with Crippen LogP contribution in [0.3, 0.4) is 0 Å². The zero-order chi connectivity index (χ0) is 14.4. The number of allylic oxidation sites excluding steroid dienone is 2. The molecule has 0 fully saturated rings. The quantitative estimate of drug-likeness (QED) is 0.647. The summed E-state index contributed by atoms with van der Waals surface area (Å²) in [6, 6.07) is 10.5. The molecule has 2 rings (SSSR count). The molecule has 1 aromatic rings. The van der Waals surface area contributed by atoms with E-state index in [0.29, 0.717) is 6.61 Å². The van der Waals surface area contributed by atoms with Gasteiger partial charge in [-0.05, 0) is 36.1 Å². The third kappa shape index (κ3) is 3.94. The minimum atomic E-state index is 0.280. The van der Waals surface area contributed by atoms with Crippen LogP contribution in [-0.4, -0.2) is 12.7 Å². The maximum Gasteiger partial charge on any atom is 0.0767 e. The molecule has 0 saturated carbocycles. The van der Waals surface area contributed by atoms with Gasteiger partial charge in [0.2, 0.25) is 0 Å². The normalized spacial score (nSPS) is 19.0. The molecule has 1 aromatic carbocycles. The van der Waals surface area contributed by atoms with E-state index in [1.54, 1.807) is 0 Å². The van der Waals surface area contributed by atoms with Gasteiger partial charge in [0.05, 0.1) is 12.7 Å². The Balaban J connectivity index is 2.23. The number of ether oxygens (including phenoxy) is 1. The van der Waals surface area contributed by atoms with Crippen molar-refractivity contribution in [2.45, 2.75) is 39.2 Å². The summed E-state index contributed by atoms with van der Waals surface area (Å²) in [6.45, 7) is 8.98. The van der Waals surface area contributed by atoms with Gasteiger partial charge in [0.1, 0.15) is 0 Å². The first-order valence-electron chi connectivity index (χ1n) is 7.46. The van der Waals surface area contributed by atoms with Gasteiger partial charge in [-0.1, -0.05) is 68.3 Å². The van der Waals surface area contributed by atoms with Gasteiger partial charge in [-0.3, -0.25) is 0 Å². The Labute approximate surface area is 122 Å². The Hall–Kier alpha value is -1.60. The first-order valence-corrected chi connectivity index (χ1v) is 7.46. The Bertz CT molecular complexity index is 508. The van der Waals surface area contributed by atoms with Crippen LogP contribution in [0.25, 0.3) is 5.57 Å². The molecule has 1 unspecified atom stereocenters. The molecule has 0 aromatic heterocycles. The summed E-state index contributed by atoms with van der Waals surface area (Å²) < 4.78 is 5.89. The van der Waals surface area contributed by atoms with Crippen molar-refractivity contribution in [1.82, 2.24) is 0 Å². The lowest BCUT2D eigenvalue weighted by atomic mass is 9.96. The largest absolute Gasteiger partial charge is 0.369 e. The second-order valence-electron chi connectivity index (χ2n) is 5.45. The topological polar surface area (TPSA) is 9.23 Å². The summed E-state index contributed by atoms with van der Waals surface area (Å²) >= 11 is 0. The highest BCUT2D eigenvalue weighted by Gasteiger charge is 2.19. The lowest BCUT2D eigenvalue weighted by Gasteiger charge is -2.08. The molecule has 1 aliphatic rings. The summed E-state index contributed by atoms with van der Waals surface area (Å²) in [5.74, 6) is 0. The lowest BCUT2D eigenvalue weighted by Crippen LogP contribution is -2.03. The van der Waals surface area contributed by atoms with E-state index in [2.05, 4.69) is 49.9 Å². The van der Waals surface area contributed by atoms with E-state index < -0.39 is 0 Å². The Morgan fingerprint density at radius 2 is 2.10 bits per heavy atom. The van der Waals surface area contributed by atoms with Crippen molar-refractivity contribution in [3.05, 3.63) is 65.8 Å². The first-order chi connectivity index (χ1) is 9.70. The van der Waals surface area contributed by atoms with Crippen LogP contribution in [0, 0.1) is 0 Å². The number of benzene rings is 1. The van der Waals surface area contributed by atoms with E-state index in [4.69, 9.17) is 4.74 Å². The van der Waals surface area contributed by atoms with Gasteiger partial charge in [0.15, 0.2) is 0 Å². The van der Waals surface area contributed by atoms with Crippen LogP contribution in [0.15, 0.2) is 60.2 Å². The van der Waals surface area contributed by atoms with E-state index in [0.717, 1.165) is 12.0 Å². The molecule has 0 aliphatic carbocycles. The molecule has 1 nitrogen and oxygen atoms in total. The zero-order valence-electron chi connectivity index (χ0n) is 12.6. The minimum Gasteiger partial charge on any atom is -0.369 e. The number of hydrogen-bond donors (Lipinski definition) is 0. The molecule has 1 heteroatoms. The van der Waals surface area contributed by atoms with Crippen molar-refractivity contribution in [3.63, 3.8) is 0 Å². The molecule has 0 bridgehead atoms. The maximum absolute atomic E-state index is 5.89. The van der Waals surface area contributed by atoms with Gasteiger partial charge in [-0.2, -0.15) is 0 Å². The molecule has 0 amide bonds. The van der Waals surface area contributed by atoms with Crippen LogP contribution in [-0.2, 0) is 4.74 Å². The van der Waals surface area contributed by atoms with E-state index in [1.165, 1.54) is 29.6 Å². The molecule has 0 N–H and O–H groups in total. The van der Waals surface area contributed by atoms with Gasteiger partial charge in [0.25, 0.3) is 0 Å². The van der Waals surface area contributed by atoms with Crippen molar-refractivity contribution >= 4 is 5.57 Å². The van der Waals surface area contributed by atoms with Crippen molar-refractivity contribution in [3.8, 4) is 0 Å². The van der Waals surface area contributed by atoms with Crippen LogP contribution < -0.4 is 0 Å². The molecule has 1 heterocycles. The van der Waals surface area contributed by atoms with Gasteiger partial charge in [-0.25, -0.2) is 0 Å². The average Bonchev–Trinajstić information content (AvgIpc) is 2.92. The highest BCUT2D eigenvalue weighted by molar-refractivity contribution is 5.81. The first kappa shape index (κ1) is 14.8. The Kier molecular flexibility index (Phi) is 5.37. The smallest absolute Gasteiger partial charge is 0.0767 e. The van der Waals surface area contributed by atoms with Gasteiger partial charge in [-0.15, -0.1) is 0 Å². The van der Waals surface area contributed by atoms with E-state index in [1.807, 2.05) is 13.0 Å². The minimum absolute atomic E-state index is 0.280. The second-order valence-corrected chi connectivity index (χ2v) is 5.45. The number of unbranched alkanes of at least 4 members (excludes halogenated alkanes) is 1. The highest BCUT2D eigenvalue weighted by atomic mass is 16.5. The fourth-order valence-electron chi connectivity index (χ4n) is 2.48. The fraction of sp³-hybridized carbons (Fsp3) is 0.368. The molecule has 20 heavy (non-hydrogen) atoms. The molecule has 0 saturated heterocycles. The molecule has 106 valence electrons. The van der Waals surface area contributed by atoms with Gasteiger partial charge in [0, 0.05) is 0 Å². The third-order valence-electron chi connectivity index (χ3n) is 3.50. The van der Waals surface area contributed by atoms with Crippen LogP contribution in [0.1, 0.15) is 38.7 Å². The lowest BCUT2D eigenvalue weighted by molar-refractivity contribution is 0.118. The van der Waals surface area contributed by atoms with Crippen LogP contribution in [0.4, 0.5) is 0 Å². The van der Waals surface area contributed by atoms with E-state index in [9.17, 15) is 0 Å². The summed E-state index contributed by atoms with van der Waals surface area (Å²) in [5.41, 5.74) is 4.85. The molecular formula is C19H24O. The molecule has 0 spiro atoms. The number of hydrogen-bond acceptors (Lipinski definition) is 1. The summed E-state index contributed by atoms with van der Waals surface area (Å²) in [4.78, 5) is 0. The maximum atomic E-state index is 5.89. The van der Waals surface area contributed by atoms with Crippen LogP contribution >= 0.6 is 0 Å². The van der Waals surface area contributed by atoms with Crippen LogP contribution in [0.2, 0.25) is 0 Å². The monoisotopic (exact) mass is 268 g/mol. The Morgan fingerprint density at radius 3 is 2.75 bits per heavy atom. The SMILES string of the molecule is C=C(C)/C=C(/C1=CC(CCCC)OC1)c1ccccc1. The van der Waals surface area contributed by atoms with Crippen molar-refractivity contribution in [2.75, 3.05) is 6.61 Å². The molecule has 0 radical (unpaired) electrons. The third-order valence-corrected chi connectivity index (χ3v) is 3.50. The van der Waals surface area contributed by atoms with Crippen molar-refractivity contribution < 1.29 is 4.74 Å². The fourth-order valence-corrected chi connectivity index (χ4v) is 2.48. The standard InChI is InChI=1S/C19H24O/c1-4-5-11-18-13-17(14-20-18)19(12-15(2)3)16-9-7-6-8-10-16/h6-10,12-13,18H,2,4-5,11,14H2,1,3H3/b19-12+. The van der Waals surface area contributed by atoms with Crippen molar-refractivity contribution in [2.24, 2.45) is 0 Å². The Morgan fingerprint density at radius 1 is 1.35 bits per heavy atom.